The smallest absolute Gasteiger partial charge is 0.323 e. The van der Waals surface area contributed by atoms with Crippen LogP contribution in [0.1, 0.15) is 25.7 Å². The van der Waals surface area contributed by atoms with E-state index in [9.17, 15) is 13.6 Å². The molecule has 1 aliphatic carbocycles. The summed E-state index contributed by atoms with van der Waals surface area (Å²) in [7, 11) is 2.96. The second-order valence-electron chi connectivity index (χ2n) is 3.98. The van der Waals surface area contributed by atoms with Gasteiger partial charge in [-0.15, -0.1) is 0 Å². The lowest BCUT2D eigenvalue weighted by molar-refractivity contribution is -0.146. The number of hydrogen-bond acceptors (Lipinski definition) is 3. The van der Waals surface area contributed by atoms with Crippen LogP contribution in [-0.4, -0.2) is 32.1 Å². The zero-order valence-corrected chi connectivity index (χ0v) is 9.06. The molecular formula is C10H17F2NO2. The Morgan fingerprint density at radius 3 is 2.40 bits per heavy atom. The Kier molecular flexibility index (Phi) is 4.02. The van der Waals surface area contributed by atoms with E-state index < -0.39 is 12.0 Å². The molecule has 0 aromatic carbocycles. The fourth-order valence-electron chi connectivity index (χ4n) is 2.07. The molecular weight excluding hydrogens is 204 g/mol. The molecule has 1 N–H and O–H groups in total. The topological polar surface area (TPSA) is 38.3 Å². The van der Waals surface area contributed by atoms with Crippen LogP contribution in [0.3, 0.4) is 0 Å². The fourth-order valence-corrected chi connectivity index (χ4v) is 2.07. The number of hydrogen-bond donors (Lipinski definition) is 1. The van der Waals surface area contributed by atoms with Crippen molar-refractivity contribution in [2.45, 2.75) is 37.6 Å². The van der Waals surface area contributed by atoms with E-state index in [0.717, 1.165) is 0 Å². The lowest BCUT2D eigenvalue weighted by atomic mass is 9.82. The van der Waals surface area contributed by atoms with Crippen molar-refractivity contribution in [3.05, 3.63) is 0 Å². The number of halogens is 2. The molecule has 0 heterocycles. The molecule has 5 heteroatoms. The van der Waals surface area contributed by atoms with Gasteiger partial charge in [-0.25, -0.2) is 8.78 Å². The fraction of sp³-hybridized carbons (Fsp3) is 0.900. The largest absolute Gasteiger partial charge is 0.468 e. The van der Waals surface area contributed by atoms with Gasteiger partial charge in [0.15, 0.2) is 0 Å². The highest BCUT2D eigenvalue weighted by Gasteiger charge is 2.39. The van der Waals surface area contributed by atoms with Crippen LogP contribution in [0.25, 0.3) is 0 Å². The Balaban J connectivity index is 2.54. The second kappa shape index (κ2) is 4.88. The van der Waals surface area contributed by atoms with E-state index in [4.69, 9.17) is 0 Å². The Bertz CT molecular complexity index is 223. The molecule has 1 saturated carbocycles. The van der Waals surface area contributed by atoms with E-state index in [2.05, 4.69) is 10.1 Å². The third kappa shape index (κ3) is 3.12. The average molecular weight is 221 g/mol. The molecule has 0 radical (unpaired) electrons. The van der Waals surface area contributed by atoms with Crippen molar-refractivity contribution in [3.8, 4) is 0 Å². The molecule has 1 fully saturated rings. The molecule has 3 nitrogen and oxygen atoms in total. The predicted molar refractivity (Wildman–Crippen MR) is 51.8 cm³/mol. The number of likely N-dealkylation sites (N-methyl/N-ethyl adjacent to an activating group) is 1. The SMILES string of the molecule is CNC(C(=O)OC)C1CCC(F)(F)CC1. The summed E-state index contributed by atoms with van der Waals surface area (Å²) in [6, 6.07) is -0.453. The van der Waals surface area contributed by atoms with Crippen molar-refractivity contribution in [2.24, 2.45) is 5.92 Å². The molecule has 1 unspecified atom stereocenters. The Hall–Kier alpha value is -0.710. The summed E-state index contributed by atoms with van der Waals surface area (Å²) in [5.41, 5.74) is 0. The van der Waals surface area contributed by atoms with Crippen LogP contribution in [0.5, 0.6) is 0 Å². The second-order valence-corrected chi connectivity index (χ2v) is 3.98. The Labute approximate surface area is 88.2 Å². The molecule has 0 spiro atoms. The van der Waals surface area contributed by atoms with Crippen molar-refractivity contribution in [2.75, 3.05) is 14.2 Å². The van der Waals surface area contributed by atoms with Gasteiger partial charge in [0.25, 0.3) is 0 Å². The third-order valence-electron chi connectivity index (χ3n) is 3.00. The molecule has 1 rings (SSSR count). The first kappa shape index (κ1) is 12.4. The van der Waals surface area contributed by atoms with Gasteiger partial charge in [-0.05, 0) is 25.8 Å². The number of carbonyl (C=O) groups excluding carboxylic acids is 1. The standard InChI is InChI=1S/C10H17F2NO2/c1-13-8(9(14)15-2)7-3-5-10(11,12)6-4-7/h7-8,13H,3-6H2,1-2H3. The number of carbonyl (C=O) groups is 1. The number of nitrogens with one attached hydrogen (secondary N) is 1. The number of alkyl halides is 2. The van der Waals surface area contributed by atoms with Crippen LogP contribution in [0.2, 0.25) is 0 Å². The molecule has 15 heavy (non-hydrogen) atoms. The number of methoxy groups -OCH3 is 1. The summed E-state index contributed by atoms with van der Waals surface area (Å²) in [5.74, 6) is -2.96. The van der Waals surface area contributed by atoms with E-state index in [-0.39, 0.29) is 24.7 Å². The molecule has 0 aliphatic heterocycles. The number of esters is 1. The first-order valence-corrected chi connectivity index (χ1v) is 5.13. The van der Waals surface area contributed by atoms with Crippen molar-refractivity contribution >= 4 is 5.97 Å². The quantitative estimate of drug-likeness (QED) is 0.735. The molecule has 0 aromatic rings. The van der Waals surface area contributed by atoms with Gasteiger partial charge < -0.3 is 10.1 Å². The monoisotopic (exact) mass is 221 g/mol. The van der Waals surface area contributed by atoms with Crippen molar-refractivity contribution in [1.82, 2.24) is 5.32 Å². The molecule has 1 aliphatic rings. The van der Waals surface area contributed by atoms with Gasteiger partial charge in [-0.2, -0.15) is 0 Å². The highest BCUT2D eigenvalue weighted by atomic mass is 19.3. The predicted octanol–water partition coefficient (Wildman–Crippen LogP) is 1.57. The Morgan fingerprint density at radius 1 is 1.47 bits per heavy atom. The van der Waals surface area contributed by atoms with Crippen LogP contribution < -0.4 is 5.32 Å². The van der Waals surface area contributed by atoms with Gasteiger partial charge in [-0.3, -0.25) is 4.79 Å². The third-order valence-corrected chi connectivity index (χ3v) is 3.00. The molecule has 0 amide bonds. The maximum absolute atomic E-state index is 12.9. The van der Waals surface area contributed by atoms with Gasteiger partial charge in [-0.1, -0.05) is 0 Å². The van der Waals surface area contributed by atoms with Crippen LogP contribution >= 0.6 is 0 Å². The van der Waals surface area contributed by atoms with Gasteiger partial charge in [0.2, 0.25) is 5.92 Å². The zero-order chi connectivity index (χ0) is 11.5. The van der Waals surface area contributed by atoms with Crippen LogP contribution in [0, 0.1) is 5.92 Å². The van der Waals surface area contributed by atoms with Crippen molar-refractivity contribution < 1.29 is 18.3 Å². The summed E-state index contributed by atoms with van der Waals surface area (Å²) >= 11 is 0. The van der Waals surface area contributed by atoms with Gasteiger partial charge in [0.1, 0.15) is 6.04 Å². The lowest BCUT2D eigenvalue weighted by Crippen LogP contribution is -2.44. The average Bonchev–Trinajstić information content (AvgIpc) is 2.21. The Morgan fingerprint density at radius 2 is 2.00 bits per heavy atom. The number of rotatable bonds is 3. The minimum absolute atomic E-state index is 0.0397. The molecule has 0 saturated heterocycles. The van der Waals surface area contributed by atoms with Crippen molar-refractivity contribution in [3.63, 3.8) is 0 Å². The molecule has 0 aromatic heterocycles. The number of ether oxygens (including phenoxy) is 1. The first-order chi connectivity index (χ1) is 7.00. The van der Waals surface area contributed by atoms with Gasteiger partial charge >= 0.3 is 5.97 Å². The lowest BCUT2D eigenvalue weighted by Gasteiger charge is -2.32. The molecule has 0 bridgehead atoms. The van der Waals surface area contributed by atoms with E-state index in [1.165, 1.54) is 7.11 Å². The highest BCUT2D eigenvalue weighted by Crippen LogP contribution is 2.37. The van der Waals surface area contributed by atoms with Gasteiger partial charge in [0.05, 0.1) is 7.11 Å². The molecule has 1 atom stereocenters. The zero-order valence-electron chi connectivity index (χ0n) is 9.06. The maximum Gasteiger partial charge on any atom is 0.323 e. The summed E-state index contributed by atoms with van der Waals surface area (Å²) in [4.78, 5) is 11.3. The normalized spacial score (nSPS) is 23.5. The summed E-state index contributed by atoms with van der Waals surface area (Å²) < 4.78 is 30.4. The van der Waals surface area contributed by atoms with E-state index >= 15 is 0 Å². The van der Waals surface area contributed by atoms with E-state index in [1.54, 1.807) is 7.05 Å². The van der Waals surface area contributed by atoms with Gasteiger partial charge in [0, 0.05) is 12.8 Å². The summed E-state index contributed by atoms with van der Waals surface area (Å²) in [6.07, 6.45) is 0.473. The minimum Gasteiger partial charge on any atom is -0.468 e. The van der Waals surface area contributed by atoms with Crippen LogP contribution in [-0.2, 0) is 9.53 Å². The first-order valence-electron chi connectivity index (χ1n) is 5.13. The van der Waals surface area contributed by atoms with Crippen LogP contribution in [0.15, 0.2) is 0 Å². The maximum atomic E-state index is 12.9. The minimum atomic E-state index is -2.55. The highest BCUT2D eigenvalue weighted by molar-refractivity contribution is 5.76. The van der Waals surface area contributed by atoms with E-state index in [0.29, 0.717) is 12.8 Å². The molecule has 88 valence electrons. The van der Waals surface area contributed by atoms with Crippen LogP contribution in [0.4, 0.5) is 8.78 Å². The summed E-state index contributed by atoms with van der Waals surface area (Å²) in [6.45, 7) is 0. The summed E-state index contributed by atoms with van der Waals surface area (Å²) in [5, 5.41) is 2.83. The van der Waals surface area contributed by atoms with Crippen molar-refractivity contribution in [1.29, 1.82) is 0 Å². The van der Waals surface area contributed by atoms with E-state index in [1.807, 2.05) is 0 Å².